The molecule has 2 aliphatic carbocycles. The summed E-state index contributed by atoms with van der Waals surface area (Å²) in [6.07, 6.45) is 6.05. The summed E-state index contributed by atoms with van der Waals surface area (Å²) in [7, 11) is 0. The van der Waals surface area contributed by atoms with Crippen LogP contribution < -0.4 is 0 Å². The first-order valence-electron chi connectivity index (χ1n) is 4.89. The highest BCUT2D eigenvalue weighted by atomic mass is 14.5. The lowest BCUT2D eigenvalue weighted by Gasteiger charge is -2.27. The molecule has 0 fully saturated rings. The van der Waals surface area contributed by atoms with Gasteiger partial charge in [-0.3, -0.25) is 0 Å². The summed E-state index contributed by atoms with van der Waals surface area (Å²) in [4.78, 5) is 0. The van der Waals surface area contributed by atoms with Crippen molar-refractivity contribution in [3.63, 3.8) is 0 Å². The summed E-state index contributed by atoms with van der Waals surface area (Å²) in [5.41, 5.74) is 3.69. The van der Waals surface area contributed by atoms with Crippen LogP contribution in [0.25, 0.3) is 0 Å². The molecular weight excluding hydrogens is 144 g/mol. The van der Waals surface area contributed by atoms with Gasteiger partial charge in [0.1, 0.15) is 0 Å². The summed E-state index contributed by atoms with van der Waals surface area (Å²) >= 11 is 0. The minimum Gasteiger partial charge on any atom is -0.0876 e. The van der Waals surface area contributed by atoms with Crippen molar-refractivity contribution in [1.29, 1.82) is 0 Å². The van der Waals surface area contributed by atoms with Gasteiger partial charge in [-0.2, -0.15) is 0 Å². The molecule has 2 aliphatic rings. The summed E-state index contributed by atoms with van der Waals surface area (Å²) in [6, 6.07) is 0. The molecule has 12 heavy (non-hydrogen) atoms. The number of hydrogen-bond donors (Lipinski definition) is 0. The quantitative estimate of drug-likeness (QED) is 0.478. The summed E-state index contributed by atoms with van der Waals surface area (Å²) < 4.78 is 0. The van der Waals surface area contributed by atoms with Gasteiger partial charge < -0.3 is 0 Å². The van der Waals surface area contributed by atoms with Gasteiger partial charge in [0.05, 0.1) is 0 Å². The molecule has 0 spiro atoms. The van der Waals surface area contributed by atoms with E-state index in [1.165, 1.54) is 6.42 Å². The van der Waals surface area contributed by atoms with E-state index in [0.29, 0.717) is 5.41 Å². The maximum absolute atomic E-state index is 2.42. The standard InChI is InChI=1S/C12H18/c1-8-9(2)12(3,4)11-7-5-6-10(8)11/h5,7,10-11H,6H2,1-4H3. The molecule has 2 unspecified atom stereocenters. The van der Waals surface area contributed by atoms with E-state index in [1.54, 1.807) is 11.1 Å². The highest BCUT2D eigenvalue weighted by Crippen LogP contribution is 2.54. The van der Waals surface area contributed by atoms with Crippen molar-refractivity contribution in [3.8, 4) is 0 Å². The Bertz CT molecular complexity index is 266. The molecule has 0 N–H and O–H groups in total. The Hall–Kier alpha value is -0.520. The first kappa shape index (κ1) is 8.10. The second kappa shape index (κ2) is 2.25. The topological polar surface area (TPSA) is 0 Å². The number of fused-ring (bicyclic) bond motifs is 1. The van der Waals surface area contributed by atoms with Gasteiger partial charge in [-0.1, -0.05) is 37.1 Å². The lowest BCUT2D eigenvalue weighted by Crippen LogP contribution is -2.20. The summed E-state index contributed by atoms with van der Waals surface area (Å²) in [6.45, 7) is 9.38. The van der Waals surface area contributed by atoms with Gasteiger partial charge in [-0.15, -0.1) is 0 Å². The molecule has 2 rings (SSSR count). The van der Waals surface area contributed by atoms with Gasteiger partial charge in [0.25, 0.3) is 0 Å². The highest BCUT2D eigenvalue weighted by Gasteiger charge is 2.44. The third-order valence-electron chi connectivity index (χ3n) is 4.11. The van der Waals surface area contributed by atoms with Crippen LogP contribution in [0.15, 0.2) is 23.3 Å². The van der Waals surface area contributed by atoms with Crippen molar-refractivity contribution >= 4 is 0 Å². The predicted molar refractivity (Wildman–Crippen MR) is 52.9 cm³/mol. The molecule has 0 aromatic heterocycles. The summed E-state index contributed by atoms with van der Waals surface area (Å²) in [5, 5.41) is 0. The molecule has 66 valence electrons. The van der Waals surface area contributed by atoms with Crippen LogP contribution in [0.5, 0.6) is 0 Å². The Balaban J connectivity index is 2.44. The van der Waals surface area contributed by atoms with E-state index in [2.05, 4.69) is 39.8 Å². The molecule has 0 bridgehead atoms. The normalized spacial score (nSPS) is 37.7. The Morgan fingerprint density at radius 1 is 1.33 bits per heavy atom. The monoisotopic (exact) mass is 162 g/mol. The number of rotatable bonds is 0. The largest absolute Gasteiger partial charge is 0.0876 e. The third kappa shape index (κ3) is 0.784. The molecule has 0 amide bonds. The van der Waals surface area contributed by atoms with Crippen LogP contribution in [0.2, 0.25) is 0 Å². The van der Waals surface area contributed by atoms with Gasteiger partial charge in [0.15, 0.2) is 0 Å². The van der Waals surface area contributed by atoms with Crippen LogP contribution in [0.1, 0.15) is 34.1 Å². The van der Waals surface area contributed by atoms with Crippen molar-refractivity contribution in [2.24, 2.45) is 17.3 Å². The molecule has 0 radical (unpaired) electrons. The van der Waals surface area contributed by atoms with Crippen molar-refractivity contribution < 1.29 is 0 Å². The van der Waals surface area contributed by atoms with Crippen LogP contribution in [0, 0.1) is 17.3 Å². The van der Waals surface area contributed by atoms with E-state index in [0.717, 1.165) is 11.8 Å². The molecule has 0 heteroatoms. The molecule has 0 saturated carbocycles. The fraction of sp³-hybridized carbons (Fsp3) is 0.667. The molecule has 0 heterocycles. The minimum atomic E-state index is 0.418. The first-order valence-corrected chi connectivity index (χ1v) is 4.89. The van der Waals surface area contributed by atoms with E-state index < -0.39 is 0 Å². The van der Waals surface area contributed by atoms with E-state index in [1.807, 2.05) is 0 Å². The van der Waals surface area contributed by atoms with E-state index >= 15 is 0 Å². The molecule has 0 saturated heterocycles. The second-order valence-electron chi connectivity index (χ2n) is 4.83. The lowest BCUT2D eigenvalue weighted by molar-refractivity contribution is 0.306. The molecular formula is C12H18. The van der Waals surface area contributed by atoms with Crippen LogP contribution in [-0.2, 0) is 0 Å². The van der Waals surface area contributed by atoms with Gasteiger partial charge in [-0.25, -0.2) is 0 Å². The van der Waals surface area contributed by atoms with Crippen molar-refractivity contribution in [1.82, 2.24) is 0 Å². The van der Waals surface area contributed by atoms with Crippen LogP contribution >= 0.6 is 0 Å². The maximum atomic E-state index is 2.42. The van der Waals surface area contributed by atoms with Gasteiger partial charge in [0, 0.05) is 0 Å². The smallest absolute Gasteiger partial charge is 0.00762 e. The van der Waals surface area contributed by atoms with Gasteiger partial charge in [-0.05, 0) is 37.5 Å². The zero-order valence-corrected chi connectivity index (χ0v) is 8.52. The maximum Gasteiger partial charge on any atom is -0.00762 e. The molecule has 0 aliphatic heterocycles. The average molecular weight is 162 g/mol. The average Bonchev–Trinajstić information content (AvgIpc) is 2.54. The Morgan fingerprint density at radius 3 is 2.58 bits per heavy atom. The SMILES string of the molecule is CC1=C(C)C(C)(C)C2C=CCC12. The van der Waals surface area contributed by atoms with E-state index in [9.17, 15) is 0 Å². The van der Waals surface area contributed by atoms with Crippen LogP contribution in [0.4, 0.5) is 0 Å². The van der Waals surface area contributed by atoms with Gasteiger partial charge in [0.2, 0.25) is 0 Å². The fourth-order valence-electron chi connectivity index (χ4n) is 2.88. The van der Waals surface area contributed by atoms with E-state index in [4.69, 9.17) is 0 Å². The van der Waals surface area contributed by atoms with Crippen LogP contribution in [-0.4, -0.2) is 0 Å². The minimum absolute atomic E-state index is 0.418. The molecule has 0 aromatic rings. The van der Waals surface area contributed by atoms with Crippen molar-refractivity contribution in [3.05, 3.63) is 23.3 Å². The molecule has 0 aromatic carbocycles. The van der Waals surface area contributed by atoms with E-state index in [-0.39, 0.29) is 0 Å². The number of hydrogen-bond acceptors (Lipinski definition) is 0. The lowest BCUT2D eigenvalue weighted by atomic mass is 9.76. The third-order valence-corrected chi connectivity index (χ3v) is 4.11. The second-order valence-corrected chi connectivity index (χ2v) is 4.83. The van der Waals surface area contributed by atoms with Crippen molar-refractivity contribution in [2.45, 2.75) is 34.1 Å². The predicted octanol–water partition coefficient (Wildman–Crippen LogP) is 3.55. The van der Waals surface area contributed by atoms with Crippen molar-refractivity contribution in [2.75, 3.05) is 0 Å². The van der Waals surface area contributed by atoms with Gasteiger partial charge >= 0.3 is 0 Å². The molecule has 2 atom stereocenters. The fourth-order valence-corrected chi connectivity index (χ4v) is 2.88. The summed E-state index contributed by atoms with van der Waals surface area (Å²) in [5.74, 6) is 1.62. The first-order chi connectivity index (χ1) is 5.55. The molecule has 0 nitrogen and oxygen atoms in total. The van der Waals surface area contributed by atoms with Crippen LogP contribution in [0.3, 0.4) is 0 Å². The Kier molecular flexibility index (Phi) is 1.51. The zero-order chi connectivity index (χ0) is 8.93. The Morgan fingerprint density at radius 2 is 2.00 bits per heavy atom. The zero-order valence-electron chi connectivity index (χ0n) is 8.52. The highest BCUT2D eigenvalue weighted by molar-refractivity contribution is 5.34. The Labute approximate surface area is 75.4 Å². The number of allylic oxidation sites excluding steroid dienone is 4.